The third-order valence-electron chi connectivity index (χ3n) is 5.89. The molecule has 0 radical (unpaired) electrons. The molecule has 1 saturated heterocycles. The van der Waals surface area contributed by atoms with Crippen LogP contribution in [-0.4, -0.2) is 31.8 Å². The molecule has 0 saturated carbocycles. The van der Waals surface area contributed by atoms with Crippen LogP contribution >= 0.6 is 0 Å². The lowest BCUT2D eigenvalue weighted by Gasteiger charge is -2.25. The maximum absolute atomic E-state index is 14.0. The number of aliphatic hydroxyl groups excluding tert-OH is 1. The number of aromatic nitrogens is 1. The van der Waals surface area contributed by atoms with E-state index in [2.05, 4.69) is 4.98 Å². The number of aliphatic hydroxyl groups is 1. The number of halogens is 1. The first-order valence-electron chi connectivity index (χ1n) is 10.4. The molecule has 0 spiro atoms. The van der Waals surface area contributed by atoms with E-state index in [1.807, 2.05) is 0 Å². The van der Waals surface area contributed by atoms with Gasteiger partial charge >= 0.3 is 5.69 Å². The molecule has 0 bridgehead atoms. The van der Waals surface area contributed by atoms with Gasteiger partial charge in [-0.1, -0.05) is 30.3 Å². The number of amides is 1. The number of ketones is 1. The topological polar surface area (TPSA) is 137 Å². The third-order valence-corrected chi connectivity index (χ3v) is 5.89. The van der Waals surface area contributed by atoms with Crippen LogP contribution in [0.15, 0.2) is 78.5 Å². The Hall–Kier alpha value is -4.99. The summed E-state index contributed by atoms with van der Waals surface area (Å²) >= 11 is 0. The molecular formula is C25H16FN3O6. The second-order valence-electron chi connectivity index (χ2n) is 7.90. The van der Waals surface area contributed by atoms with Crippen LogP contribution in [0.25, 0.3) is 16.7 Å². The number of rotatable bonds is 4. The van der Waals surface area contributed by atoms with E-state index in [1.165, 1.54) is 24.4 Å². The Bertz CT molecular complexity index is 1570. The van der Waals surface area contributed by atoms with E-state index in [0.717, 1.165) is 29.2 Å². The first kappa shape index (κ1) is 21.8. The fraction of sp³-hybridized carbons (Fsp3) is 0.0400. The standard InChI is InChI=1S/C25H16FN3O6/c26-14-4-3-5-15(11-14)28-22(13-8-9-20(30)19(10-13)29(34)35)21(24(32)25(28)33)23(31)17-12-27-18-7-2-1-6-16(17)18/h1-12,22,27,30-31H/b23-21-. The van der Waals surface area contributed by atoms with Gasteiger partial charge in [-0.25, -0.2) is 4.39 Å². The van der Waals surface area contributed by atoms with Gasteiger partial charge in [-0.2, -0.15) is 0 Å². The van der Waals surface area contributed by atoms with Gasteiger partial charge in [0.15, 0.2) is 5.75 Å². The van der Waals surface area contributed by atoms with Crippen molar-refractivity contribution >= 4 is 39.7 Å². The number of nitrogens with one attached hydrogen (secondary N) is 1. The van der Waals surface area contributed by atoms with E-state index < -0.39 is 45.7 Å². The van der Waals surface area contributed by atoms with Gasteiger partial charge in [0.2, 0.25) is 0 Å². The lowest BCUT2D eigenvalue weighted by molar-refractivity contribution is -0.385. The number of phenolic OH excluding ortho intramolecular Hbond substituents is 1. The second-order valence-corrected chi connectivity index (χ2v) is 7.90. The summed E-state index contributed by atoms with van der Waals surface area (Å²) in [7, 11) is 0. The number of nitro benzene ring substituents is 1. The number of phenols is 1. The number of Topliss-reactive ketones (excluding diaryl/α,β-unsaturated/α-hetero) is 1. The van der Waals surface area contributed by atoms with Crippen LogP contribution in [0.2, 0.25) is 0 Å². The largest absolute Gasteiger partial charge is 0.507 e. The van der Waals surface area contributed by atoms with Crippen LogP contribution in [0.1, 0.15) is 17.2 Å². The highest BCUT2D eigenvalue weighted by atomic mass is 19.1. The molecule has 3 N–H and O–H groups in total. The Balaban J connectivity index is 1.79. The predicted molar refractivity (Wildman–Crippen MR) is 124 cm³/mol. The summed E-state index contributed by atoms with van der Waals surface area (Å²) in [4.78, 5) is 41.0. The quantitative estimate of drug-likeness (QED) is 0.131. The molecule has 1 fully saturated rings. The SMILES string of the molecule is O=C1C(=O)N(c2cccc(F)c2)C(c2ccc(O)c([N+](=O)[O-])c2)/C1=C(/O)c1c[nH]c2ccccc12. The molecule has 9 nitrogen and oxygen atoms in total. The molecule has 10 heteroatoms. The number of carbonyl (C=O) groups excluding carboxylic acids is 2. The molecular weight excluding hydrogens is 457 g/mol. The zero-order valence-corrected chi connectivity index (χ0v) is 17.8. The molecule has 1 aliphatic heterocycles. The number of nitrogens with zero attached hydrogens (tertiary/aromatic N) is 2. The Morgan fingerprint density at radius 3 is 2.57 bits per heavy atom. The number of nitro groups is 1. The second kappa shape index (κ2) is 8.10. The summed E-state index contributed by atoms with van der Waals surface area (Å²) in [5, 5.41) is 33.2. The minimum absolute atomic E-state index is 0.0193. The highest BCUT2D eigenvalue weighted by molar-refractivity contribution is 6.51. The number of aromatic amines is 1. The molecule has 1 aliphatic rings. The Kier molecular flexibility index (Phi) is 5.05. The number of hydrogen-bond acceptors (Lipinski definition) is 6. The van der Waals surface area contributed by atoms with Crippen LogP contribution in [0, 0.1) is 15.9 Å². The van der Waals surface area contributed by atoms with Gasteiger partial charge in [-0.05, 0) is 35.9 Å². The van der Waals surface area contributed by atoms with Gasteiger partial charge < -0.3 is 15.2 Å². The first-order valence-corrected chi connectivity index (χ1v) is 10.4. The maximum atomic E-state index is 14.0. The molecule has 3 aromatic carbocycles. The number of fused-ring (bicyclic) bond motifs is 1. The summed E-state index contributed by atoms with van der Waals surface area (Å²) in [6, 6.07) is 14.0. The minimum atomic E-state index is -1.33. The summed E-state index contributed by atoms with van der Waals surface area (Å²) in [5.41, 5.74) is 0.0231. The van der Waals surface area contributed by atoms with Crippen molar-refractivity contribution in [2.75, 3.05) is 4.90 Å². The number of para-hydroxylation sites is 1. The number of benzene rings is 3. The number of carbonyl (C=O) groups is 2. The van der Waals surface area contributed by atoms with Gasteiger partial charge in [-0.3, -0.25) is 24.6 Å². The zero-order valence-electron chi connectivity index (χ0n) is 17.8. The fourth-order valence-corrected chi connectivity index (χ4v) is 4.31. The summed E-state index contributed by atoms with van der Waals surface area (Å²) in [6.45, 7) is 0. The van der Waals surface area contributed by atoms with Crippen molar-refractivity contribution in [1.29, 1.82) is 0 Å². The molecule has 2 heterocycles. The smallest absolute Gasteiger partial charge is 0.311 e. The van der Waals surface area contributed by atoms with Crippen LogP contribution in [0.4, 0.5) is 15.8 Å². The highest BCUT2D eigenvalue weighted by Gasteiger charge is 2.47. The molecule has 4 aromatic rings. The average molecular weight is 473 g/mol. The van der Waals surface area contributed by atoms with Crippen LogP contribution < -0.4 is 4.90 Å². The van der Waals surface area contributed by atoms with Gasteiger partial charge in [0.05, 0.1) is 16.5 Å². The van der Waals surface area contributed by atoms with E-state index >= 15 is 0 Å². The molecule has 1 amide bonds. The van der Waals surface area contributed by atoms with Crippen molar-refractivity contribution in [2.45, 2.75) is 6.04 Å². The van der Waals surface area contributed by atoms with Crippen molar-refractivity contribution in [3.63, 3.8) is 0 Å². The van der Waals surface area contributed by atoms with E-state index in [-0.39, 0.29) is 22.4 Å². The third kappa shape index (κ3) is 3.48. The average Bonchev–Trinajstić information content (AvgIpc) is 3.38. The monoisotopic (exact) mass is 473 g/mol. The number of hydrogen-bond donors (Lipinski definition) is 3. The Morgan fingerprint density at radius 2 is 1.83 bits per heavy atom. The van der Waals surface area contributed by atoms with E-state index in [1.54, 1.807) is 24.3 Å². The predicted octanol–water partition coefficient (Wildman–Crippen LogP) is 4.55. The van der Waals surface area contributed by atoms with Crippen LogP contribution in [0.3, 0.4) is 0 Å². The van der Waals surface area contributed by atoms with Crippen LogP contribution in [-0.2, 0) is 9.59 Å². The maximum Gasteiger partial charge on any atom is 0.311 e. The van der Waals surface area contributed by atoms with Crippen LogP contribution in [0.5, 0.6) is 5.75 Å². The number of aromatic hydroxyl groups is 1. The molecule has 5 rings (SSSR count). The summed E-state index contributed by atoms with van der Waals surface area (Å²) in [5.74, 6) is -3.87. The normalized spacial score (nSPS) is 17.3. The lowest BCUT2D eigenvalue weighted by atomic mass is 9.94. The highest BCUT2D eigenvalue weighted by Crippen LogP contribution is 2.44. The van der Waals surface area contributed by atoms with Gasteiger partial charge in [0.1, 0.15) is 11.6 Å². The summed E-state index contributed by atoms with van der Waals surface area (Å²) in [6.07, 6.45) is 1.48. The van der Waals surface area contributed by atoms with Crippen molar-refractivity contribution in [2.24, 2.45) is 0 Å². The van der Waals surface area contributed by atoms with Crippen molar-refractivity contribution in [1.82, 2.24) is 4.98 Å². The summed E-state index contributed by atoms with van der Waals surface area (Å²) < 4.78 is 14.0. The van der Waals surface area contributed by atoms with Crippen molar-refractivity contribution in [3.8, 4) is 5.75 Å². The van der Waals surface area contributed by atoms with E-state index in [4.69, 9.17) is 0 Å². The Morgan fingerprint density at radius 1 is 1.06 bits per heavy atom. The molecule has 1 aromatic heterocycles. The van der Waals surface area contributed by atoms with Gasteiger partial charge in [0.25, 0.3) is 11.7 Å². The van der Waals surface area contributed by atoms with Gasteiger partial charge in [0, 0.05) is 34.4 Å². The molecule has 174 valence electrons. The number of H-pyrrole nitrogens is 1. The van der Waals surface area contributed by atoms with Crippen molar-refractivity contribution < 1.29 is 29.1 Å². The first-order chi connectivity index (χ1) is 16.8. The fourth-order valence-electron chi connectivity index (χ4n) is 4.31. The van der Waals surface area contributed by atoms with E-state index in [0.29, 0.717) is 10.9 Å². The van der Waals surface area contributed by atoms with E-state index in [9.17, 15) is 34.3 Å². The Labute approximate surface area is 196 Å². The van der Waals surface area contributed by atoms with Crippen molar-refractivity contribution in [3.05, 3.63) is 106 Å². The molecule has 1 atom stereocenters. The number of anilines is 1. The zero-order chi connectivity index (χ0) is 24.9. The molecule has 35 heavy (non-hydrogen) atoms. The molecule has 0 aliphatic carbocycles. The molecule has 1 unspecified atom stereocenters. The lowest BCUT2D eigenvalue weighted by Crippen LogP contribution is -2.29. The van der Waals surface area contributed by atoms with Gasteiger partial charge in [-0.15, -0.1) is 0 Å². The minimum Gasteiger partial charge on any atom is -0.507 e.